The lowest BCUT2D eigenvalue weighted by Gasteiger charge is -2.27. The molecule has 0 bridgehead atoms. The number of nitrogens with zero attached hydrogens (tertiary/aromatic N) is 2. The summed E-state index contributed by atoms with van der Waals surface area (Å²) in [5.41, 5.74) is 2.31. The van der Waals surface area contributed by atoms with E-state index in [1.54, 1.807) is 4.90 Å². The highest BCUT2D eigenvalue weighted by molar-refractivity contribution is 5.81. The van der Waals surface area contributed by atoms with E-state index < -0.39 is 0 Å². The van der Waals surface area contributed by atoms with Crippen LogP contribution in [0.2, 0.25) is 0 Å². The topological polar surface area (TPSA) is 61.9 Å². The number of rotatable bonds is 6. The van der Waals surface area contributed by atoms with Crippen molar-refractivity contribution in [2.45, 2.75) is 46.7 Å². The molecule has 1 aliphatic rings. The van der Waals surface area contributed by atoms with Crippen molar-refractivity contribution in [2.75, 3.05) is 32.8 Å². The van der Waals surface area contributed by atoms with Crippen molar-refractivity contribution in [3.8, 4) is 0 Å². The van der Waals surface area contributed by atoms with Gasteiger partial charge in [0.05, 0.1) is 12.6 Å². The summed E-state index contributed by atoms with van der Waals surface area (Å²) in [5.74, 6) is 0.350. The molecule has 1 aromatic carbocycles. The number of aryl methyl sites for hydroxylation is 1. The normalized spacial score (nSPS) is 16.7. The Labute approximate surface area is 162 Å². The second-order valence-electron chi connectivity index (χ2n) is 7.67. The minimum Gasteiger partial charge on any atom is -0.449 e. The van der Waals surface area contributed by atoms with E-state index in [9.17, 15) is 9.59 Å². The Hall–Kier alpha value is -2.08. The monoisotopic (exact) mass is 375 g/mol. The lowest BCUT2D eigenvalue weighted by Crippen LogP contribution is -2.46. The minimum absolute atomic E-state index is 0.0223. The van der Waals surface area contributed by atoms with Crippen LogP contribution in [0.15, 0.2) is 24.3 Å². The molecule has 2 rings (SSSR count). The third kappa shape index (κ3) is 6.54. The molecule has 6 nitrogen and oxygen atoms in total. The second-order valence-corrected chi connectivity index (χ2v) is 7.67. The molecule has 0 aliphatic carbocycles. The van der Waals surface area contributed by atoms with Crippen LogP contribution < -0.4 is 5.32 Å². The van der Waals surface area contributed by atoms with Crippen LogP contribution in [0.1, 0.15) is 38.3 Å². The van der Waals surface area contributed by atoms with E-state index in [0.717, 1.165) is 18.5 Å². The number of amides is 2. The van der Waals surface area contributed by atoms with Gasteiger partial charge in [-0.15, -0.1) is 0 Å². The molecular formula is C21H33N3O3. The van der Waals surface area contributed by atoms with E-state index >= 15 is 0 Å². The van der Waals surface area contributed by atoms with Crippen LogP contribution in [0.25, 0.3) is 0 Å². The number of ether oxygens (including phenoxy) is 1. The summed E-state index contributed by atoms with van der Waals surface area (Å²) in [7, 11) is 0. The molecule has 27 heavy (non-hydrogen) atoms. The Bertz CT molecular complexity index is 633. The van der Waals surface area contributed by atoms with Crippen LogP contribution >= 0.6 is 0 Å². The van der Waals surface area contributed by atoms with Crippen LogP contribution in [-0.4, -0.2) is 60.6 Å². The van der Waals surface area contributed by atoms with Crippen LogP contribution in [0.5, 0.6) is 0 Å². The Balaban J connectivity index is 1.82. The molecule has 1 unspecified atom stereocenters. The summed E-state index contributed by atoms with van der Waals surface area (Å²) in [6.45, 7) is 11.7. The van der Waals surface area contributed by atoms with Gasteiger partial charge in [-0.2, -0.15) is 0 Å². The van der Waals surface area contributed by atoms with E-state index in [0.29, 0.717) is 38.7 Å². The first-order valence-corrected chi connectivity index (χ1v) is 9.86. The number of carbonyl (C=O) groups is 2. The summed E-state index contributed by atoms with van der Waals surface area (Å²) in [6.07, 6.45) is 0.592. The van der Waals surface area contributed by atoms with Crippen molar-refractivity contribution in [1.29, 1.82) is 0 Å². The molecule has 0 aromatic heterocycles. The maximum Gasteiger partial charge on any atom is 0.409 e. The van der Waals surface area contributed by atoms with Crippen LogP contribution in [0.4, 0.5) is 4.79 Å². The van der Waals surface area contributed by atoms with E-state index in [4.69, 9.17) is 4.74 Å². The molecule has 150 valence electrons. The number of hydrogen-bond donors (Lipinski definition) is 1. The Morgan fingerprint density at radius 1 is 1.11 bits per heavy atom. The van der Waals surface area contributed by atoms with Crippen molar-refractivity contribution >= 4 is 12.0 Å². The fourth-order valence-corrected chi connectivity index (χ4v) is 3.14. The highest BCUT2D eigenvalue weighted by atomic mass is 16.6. The molecule has 0 spiro atoms. The first-order chi connectivity index (χ1) is 12.9. The lowest BCUT2D eigenvalue weighted by molar-refractivity contribution is -0.126. The Kier molecular flexibility index (Phi) is 8.10. The third-order valence-corrected chi connectivity index (χ3v) is 4.97. The van der Waals surface area contributed by atoms with Gasteiger partial charge in [0.25, 0.3) is 0 Å². The molecular weight excluding hydrogens is 342 g/mol. The zero-order valence-electron chi connectivity index (χ0n) is 17.0. The summed E-state index contributed by atoms with van der Waals surface area (Å²) >= 11 is 0. The van der Waals surface area contributed by atoms with Gasteiger partial charge in [0, 0.05) is 32.7 Å². The van der Waals surface area contributed by atoms with E-state index in [-0.39, 0.29) is 18.0 Å². The van der Waals surface area contributed by atoms with Gasteiger partial charge in [-0.05, 0) is 37.3 Å². The van der Waals surface area contributed by atoms with Crippen molar-refractivity contribution in [3.63, 3.8) is 0 Å². The van der Waals surface area contributed by atoms with Crippen molar-refractivity contribution < 1.29 is 14.3 Å². The van der Waals surface area contributed by atoms with Gasteiger partial charge >= 0.3 is 6.09 Å². The average molecular weight is 376 g/mol. The predicted molar refractivity (Wildman–Crippen MR) is 106 cm³/mol. The molecule has 0 radical (unpaired) electrons. The van der Waals surface area contributed by atoms with Crippen molar-refractivity contribution in [2.24, 2.45) is 5.92 Å². The van der Waals surface area contributed by atoms with Crippen LogP contribution in [0.3, 0.4) is 0 Å². The average Bonchev–Trinajstić information content (AvgIpc) is 2.90. The van der Waals surface area contributed by atoms with Crippen molar-refractivity contribution in [3.05, 3.63) is 35.4 Å². The molecule has 1 fully saturated rings. The smallest absolute Gasteiger partial charge is 0.409 e. The number of hydrogen-bond acceptors (Lipinski definition) is 4. The molecule has 1 N–H and O–H groups in total. The second kappa shape index (κ2) is 10.3. The van der Waals surface area contributed by atoms with E-state index in [1.807, 2.05) is 52.0 Å². The number of carbonyl (C=O) groups excluding carboxylic acids is 2. The summed E-state index contributed by atoms with van der Waals surface area (Å²) in [5, 5.41) is 3.04. The van der Waals surface area contributed by atoms with E-state index in [1.165, 1.54) is 5.56 Å². The third-order valence-electron chi connectivity index (χ3n) is 4.97. The first-order valence-electron chi connectivity index (χ1n) is 9.86. The fraction of sp³-hybridized carbons (Fsp3) is 0.619. The van der Waals surface area contributed by atoms with Crippen molar-refractivity contribution in [1.82, 2.24) is 15.1 Å². The Morgan fingerprint density at radius 3 is 2.56 bits per heavy atom. The van der Waals surface area contributed by atoms with Crippen LogP contribution in [0, 0.1) is 12.8 Å². The summed E-state index contributed by atoms with van der Waals surface area (Å²) in [4.78, 5) is 28.6. The molecule has 1 saturated heterocycles. The first kappa shape index (κ1) is 21.2. The predicted octanol–water partition coefficient (Wildman–Crippen LogP) is 2.80. The molecule has 6 heteroatoms. The number of benzene rings is 1. The van der Waals surface area contributed by atoms with Gasteiger partial charge < -0.3 is 15.0 Å². The minimum atomic E-state index is -0.248. The highest BCUT2D eigenvalue weighted by Crippen LogP contribution is 2.10. The largest absolute Gasteiger partial charge is 0.449 e. The number of nitrogens with one attached hydrogen (secondary N) is 1. The van der Waals surface area contributed by atoms with Gasteiger partial charge in [-0.25, -0.2) is 4.79 Å². The van der Waals surface area contributed by atoms with Gasteiger partial charge in [0.15, 0.2) is 0 Å². The molecule has 0 saturated carbocycles. The molecule has 1 heterocycles. The summed E-state index contributed by atoms with van der Waals surface area (Å²) in [6, 6.07) is 7.85. The quantitative estimate of drug-likeness (QED) is 0.831. The van der Waals surface area contributed by atoms with Crippen LogP contribution in [-0.2, 0) is 16.1 Å². The molecule has 1 atom stereocenters. The fourth-order valence-electron chi connectivity index (χ4n) is 3.14. The van der Waals surface area contributed by atoms with Gasteiger partial charge in [-0.3, -0.25) is 9.69 Å². The maximum atomic E-state index is 12.6. The summed E-state index contributed by atoms with van der Waals surface area (Å²) < 4.78 is 5.33. The zero-order chi connectivity index (χ0) is 19.8. The van der Waals surface area contributed by atoms with Gasteiger partial charge in [0.1, 0.15) is 0 Å². The van der Waals surface area contributed by atoms with Gasteiger partial charge in [-0.1, -0.05) is 38.1 Å². The maximum absolute atomic E-state index is 12.6. The Morgan fingerprint density at radius 2 is 1.85 bits per heavy atom. The lowest BCUT2D eigenvalue weighted by atomic mass is 10.1. The highest BCUT2D eigenvalue weighted by Gasteiger charge is 2.26. The zero-order valence-corrected chi connectivity index (χ0v) is 17.0. The molecule has 2 amide bonds. The molecule has 1 aliphatic heterocycles. The van der Waals surface area contributed by atoms with E-state index in [2.05, 4.69) is 10.2 Å². The van der Waals surface area contributed by atoms with Gasteiger partial charge in [0.2, 0.25) is 5.91 Å². The standard InChI is InChI=1S/C21H33N3O3/c1-16(2)15-27-21(26)24-11-7-10-23(12-13-24)18(4)20(25)22-14-19-9-6-5-8-17(19)3/h5-6,8-9,16,18H,7,10-15H2,1-4H3,(H,22,25). The SMILES string of the molecule is Cc1ccccc1CNC(=O)C(C)N1CCCN(C(=O)OCC(C)C)CC1. The molecule has 1 aromatic rings.